The Labute approximate surface area is 137 Å². The van der Waals surface area contributed by atoms with Crippen LogP contribution in [0.15, 0.2) is 17.5 Å². The molecule has 0 aromatic carbocycles. The van der Waals surface area contributed by atoms with Crippen LogP contribution < -0.4 is 5.32 Å². The number of hydrogen-bond donors (Lipinski definition) is 3. The van der Waals surface area contributed by atoms with Crippen molar-refractivity contribution in [2.24, 2.45) is 0 Å². The summed E-state index contributed by atoms with van der Waals surface area (Å²) in [6, 6.07) is 4.07. The molecule has 4 rings (SSSR count). The number of aromatic nitrogens is 4. The first kappa shape index (κ1) is 14.2. The minimum absolute atomic E-state index is 0.0211. The predicted molar refractivity (Wildman–Crippen MR) is 89.7 cm³/mol. The van der Waals surface area contributed by atoms with Crippen LogP contribution >= 0.6 is 11.3 Å². The first-order chi connectivity index (χ1) is 11.2. The fourth-order valence-corrected chi connectivity index (χ4v) is 3.88. The maximum Gasteiger partial charge on any atom is 0.226 e. The van der Waals surface area contributed by atoms with E-state index in [9.17, 15) is 4.79 Å². The van der Waals surface area contributed by atoms with Crippen LogP contribution in [-0.2, 0) is 11.2 Å². The lowest BCUT2D eigenvalue weighted by Crippen LogP contribution is -2.24. The van der Waals surface area contributed by atoms with E-state index in [4.69, 9.17) is 4.98 Å². The number of aromatic amines is 2. The smallest absolute Gasteiger partial charge is 0.226 e. The van der Waals surface area contributed by atoms with Crippen LogP contribution in [0.2, 0.25) is 0 Å². The molecule has 23 heavy (non-hydrogen) atoms. The number of fused-ring (bicyclic) bond motifs is 1. The van der Waals surface area contributed by atoms with E-state index in [1.54, 1.807) is 11.3 Å². The maximum absolute atomic E-state index is 12.1. The van der Waals surface area contributed by atoms with Gasteiger partial charge in [0.05, 0.1) is 16.3 Å². The summed E-state index contributed by atoms with van der Waals surface area (Å²) in [6.45, 7) is 4.08. The molecule has 1 amide bonds. The van der Waals surface area contributed by atoms with Crippen molar-refractivity contribution in [2.45, 2.75) is 32.6 Å². The topological polar surface area (TPSA) is 86.5 Å². The minimum atomic E-state index is -0.0776. The van der Waals surface area contributed by atoms with Crippen molar-refractivity contribution in [1.29, 1.82) is 0 Å². The molecule has 0 aliphatic carbocycles. The highest BCUT2D eigenvalue weighted by Gasteiger charge is 2.34. The zero-order valence-electron chi connectivity index (χ0n) is 12.9. The van der Waals surface area contributed by atoms with Crippen LogP contribution in [0.25, 0.3) is 10.6 Å². The Kier molecular flexibility index (Phi) is 3.30. The number of rotatable bonds is 3. The number of nitrogens with zero attached hydrogens (tertiary/aromatic N) is 2. The van der Waals surface area contributed by atoms with E-state index >= 15 is 0 Å². The number of thiophene rings is 1. The zero-order valence-corrected chi connectivity index (χ0v) is 13.8. The highest BCUT2D eigenvalue weighted by Crippen LogP contribution is 2.42. The molecule has 118 valence electrons. The van der Waals surface area contributed by atoms with Gasteiger partial charge in [0.2, 0.25) is 5.91 Å². The number of hydrogen-bond acceptors (Lipinski definition) is 4. The lowest BCUT2D eigenvalue weighted by Gasteiger charge is -2.22. The van der Waals surface area contributed by atoms with Crippen LogP contribution in [0.1, 0.15) is 42.0 Å². The first-order valence-electron chi connectivity index (χ1n) is 7.64. The van der Waals surface area contributed by atoms with Crippen molar-refractivity contribution >= 4 is 23.1 Å². The van der Waals surface area contributed by atoms with Crippen LogP contribution in [0.5, 0.6) is 0 Å². The second-order valence-corrected chi connectivity index (χ2v) is 6.64. The molecule has 0 unspecified atom stereocenters. The molecule has 7 heteroatoms. The average molecular weight is 327 g/mol. The summed E-state index contributed by atoms with van der Waals surface area (Å²) in [4.78, 5) is 21.2. The minimum Gasteiger partial charge on any atom is -0.346 e. The molecule has 0 saturated heterocycles. The van der Waals surface area contributed by atoms with Gasteiger partial charge < -0.3 is 10.3 Å². The van der Waals surface area contributed by atoms with E-state index in [1.165, 1.54) is 0 Å². The summed E-state index contributed by atoms with van der Waals surface area (Å²) in [5, 5.41) is 12.3. The molecule has 1 atom stereocenters. The molecule has 0 spiro atoms. The second-order valence-electron chi connectivity index (χ2n) is 5.69. The number of amides is 1. The average Bonchev–Trinajstić information content (AvgIpc) is 3.24. The quantitative estimate of drug-likeness (QED) is 0.690. The Morgan fingerprint density at radius 2 is 2.30 bits per heavy atom. The lowest BCUT2D eigenvalue weighted by molar-refractivity contribution is -0.116. The monoisotopic (exact) mass is 327 g/mol. The van der Waals surface area contributed by atoms with Crippen molar-refractivity contribution in [3.05, 3.63) is 40.3 Å². The van der Waals surface area contributed by atoms with Crippen LogP contribution in [0, 0.1) is 6.92 Å². The first-order valence-corrected chi connectivity index (χ1v) is 8.52. The molecule has 0 fully saturated rings. The molecule has 0 bridgehead atoms. The summed E-state index contributed by atoms with van der Waals surface area (Å²) in [6.07, 6.45) is 1.23. The van der Waals surface area contributed by atoms with Crippen LogP contribution in [-0.4, -0.2) is 26.1 Å². The third kappa shape index (κ3) is 2.28. The normalized spacial score (nSPS) is 17.1. The van der Waals surface area contributed by atoms with Crippen molar-refractivity contribution < 1.29 is 4.79 Å². The summed E-state index contributed by atoms with van der Waals surface area (Å²) >= 11 is 1.65. The van der Waals surface area contributed by atoms with Gasteiger partial charge in [0.15, 0.2) is 5.82 Å². The van der Waals surface area contributed by atoms with Gasteiger partial charge in [-0.05, 0) is 18.4 Å². The number of aryl methyl sites for hydroxylation is 2. The molecular formula is C16H17N5OS. The van der Waals surface area contributed by atoms with E-state index in [2.05, 4.69) is 33.5 Å². The number of H-pyrrole nitrogens is 2. The maximum atomic E-state index is 12.1. The summed E-state index contributed by atoms with van der Waals surface area (Å²) in [5.74, 6) is 1.47. The zero-order chi connectivity index (χ0) is 16.0. The SMILES string of the molecule is CCc1nc([C@@H]2CC(=O)Nc3n[nH]c(-c4cccs4)c32)c(C)[nH]1. The Morgan fingerprint density at radius 1 is 1.43 bits per heavy atom. The Morgan fingerprint density at radius 3 is 3.00 bits per heavy atom. The molecule has 3 aromatic heterocycles. The molecule has 6 nitrogen and oxygen atoms in total. The van der Waals surface area contributed by atoms with Gasteiger partial charge in [-0.15, -0.1) is 11.3 Å². The van der Waals surface area contributed by atoms with Gasteiger partial charge in [0, 0.05) is 30.0 Å². The number of imidazole rings is 1. The molecule has 3 N–H and O–H groups in total. The number of carbonyl (C=O) groups excluding carboxylic acids is 1. The van der Waals surface area contributed by atoms with Gasteiger partial charge in [-0.3, -0.25) is 9.89 Å². The molecular weight excluding hydrogens is 310 g/mol. The lowest BCUT2D eigenvalue weighted by atomic mass is 9.88. The summed E-state index contributed by atoms with van der Waals surface area (Å²) in [7, 11) is 0. The van der Waals surface area contributed by atoms with Gasteiger partial charge in [-0.1, -0.05) is 13.0 Å². The fourth-order valence-electron chi connectivity index (χ4n) is 3.14. The van der Waals surface area contributed by atoms with E-state index in [0.717, 1.165) is 39.8 Å². The van der Waals surface area contributed by atoms with Gasteiger partial charge in [0.25, 0.3) is 0 Å². The van der Waals surface area contributed by atoms with Crippen LogP contribution in [0.3, 0.4) is 0 Å². The molecule has 0 radical (unpaired) electrons. The predicted octanol–water partition coefficient (Wildman–Crippen LogP) is 3.21. The summed E-state index contributed by atoms with van der Waals surface area (Å²) in [5.41, 5.74) is 3.97. The Balaban J connectivity index is 1.88. The van der Waals surface area contributed by atoms with E-state index in [-0.39, 0.29) is 11.8 Å². The van der Waals surface area contributed by atoms with E-state index in [0.29, 0.717) is 12.2 Å². The fraction of sp³-hybridized carbons (Fsp3) is 0.312. The van der Waals surface area contributed by atoms with Crippen molar-refractivity contribution in [3.63, 3.8) is 0 Å². The van der Waals surface area contributed by atoms with Crippen molar-refractivity contribution in [3.8, 4) is 10.6 Å². The molecule has 3 aromatic rings. The molecule has 0 saturated carbocycles. The standard InChI is InChI=1S/C16H17N5OS/c1-3-11-17-8(2)14(18-11)9-7-12(22)19-16-13(9)15(20-21-16)10-5-4-6-23-10/h4-6,9H,3,7H2,1-2H3,(H,17,18)(H2,19,20,21,22)/t9-/m1/s1. The van der Waals surface area contributed by atoms with Gasteiger partial charge >= 0.3 is 0 Å². The third-order valence-electron chi connectivity index (χ3n) is 4.20. The van der Waals surface area contributed by atoms with Gasteiger partial charge in [-0.2, -0.15) is 5.10 Å². The molecule has 4 heterocycles. The second kappa shape index (κ2) is 5.34. The Bertz CT molecular complexity index is 861. The van der Waals surface area contributed by atoms with Crippen molar-refractivity contribution in [2.75, 3.05) is 5.32 Å². The molecule has 1 aliphatic rings. The Hall–Kier alpha value is -2.41. The number of anilines is 1. The number of nitrogens with one attached hydrogen (secondary N) is 3. The van der Waals surface area contributed by atoms with E-state index < -0.39 is 0 Å². The van der Waals surface area contributed by atoms with E-state index in [1.807, 2.05) is 18.4 Å². The highest BCUT2D eigenvalue weighted by molar-refractivity contribution is 7.13. The van der Waals surface area contributed by atoms with Crippen LogP contribution in [0.4, 0.5) is 5.82 Å². The van der Waals surface area contributed by atoms with Gasteiger partial charge in [0.1, 0.15) is 5.82 Å². The third-order valence-corrected chi connectivity index (χ3v) is 5.09. The summed E-state index contributed by atoms with van der Waals surface area (Å²) < 4.78 is 0. The highest BCUT2D eigenvalue weighted by atomic mass is 32.1. The number of carbonyl (C=O) groups is 1. The molecule has 1 aliphatic heterocycles. The largest absolute Gasteiger partial charge is 0.346 e. The van der Waals surface area contributed by atoms with Crippen molar-refractivity contribution in [1.82, 2.24) is 20.2 Å². The van der Waals surface area contributed by atoms with Gasteiger partial charge in [-0.25, -0.2) is 4.98 Å².